The van der Waals surface area contributed by atoms with Gasteiger partial charge in [0.15, 0.2) is 0 Å². The zero-order chi connectivity index (χ0) is 11.7. The molecule has 2 aromatic rings. The lowest BCUT2D eigenvalue weighted by Gasteiger charge is -2.12. The van der Waals surface area contributed by atoms with Gasteiger partial charge in [-0.2, -0.15) is 0 Å². The number of hydrogen-bond acceptors (Lipinski definition) is 2. The first-order valence-electron chi connectivity index (χ1n) is 6.23. The van der Waals surface area contributed by atoms with Gasteiger partial charge in [-0.15, -0.1) is 0 Å². The second-order valence-corrected chi connectivity index (χ2v) is 4.72. The minimum absolute atomic E-state index is 0.390. The van der Waals surface area contributed by atoms with E-state index in [9.17, 15) is 0 Å². The van der Waals surface area contributed by atoms with Crippen molar-refractivity contribution in [2.45, 2.75) is 18.9 Å². The van der Waals surface area contributed by atoms with E-state index in [4.69, 9.17) is 4.74 Å². The zero-order valence-electron chi connectivity index (χ0n) is 10.1. The number of aromatic nitrogens is 1. The summed E-state index contributed by atoms with van der Waals surface area (Å²) < 4.78 is 7.74. The maximum absolute atomic E-state index is 5.60. The van der Waals surface area contributed by atoms with Crippen LogP contribution < -0.4 is 5.32 Å². The van der Waals surface area contributed by atoms with Gasteiger partial charge in [0, 0.05) is 43.0 Å². The van der Waals surface area contributed by atoms with Crippen LogP contribution in [-0.2, 0) is 11.8 Å². The van der Waals surface area contributed by atoms with E-state index in [2.05, 4.69) is 47.4 Å². The SMILES string of the molecule is Cn1ccc2cc(NCC3CCCO3)ccc21. The molecular formula is C14H18N2O. The molecule has 0 saturated carbocycles. The molecular weight excluding hydrogens is 212 g/mol. The summed E-state index contributed by atoms with van der Waals surface area (Å²) in [4.78, 5) is 0. The maximum atomic E-state index is 5.60. The van der Waals surface area contributed by atoms with E-state index < -0.39 is 0 Å². The van der Waals surface area contributed by atoms with Crippen LogP contribution in [0.1, 0.15) is 12.8 Å². The van der Waals surface area contributed by atoms with E-state index in [0.29, 0.717) is 6.10 Å². The minimum Gasteiger partial charge on any atom is -0.382 e. The van der Waals surface area contributed by atoms with Crippen LogP contribution in [0.5, 0.6) is 0 Å². The molecule has 0 radical (unpaired) electrons. The quantitative estimate of drug-likeness (QED) is 0.877. The standard InChI is InChI=1S/C14H18N2O/c1-16-7-6-11-9-12(4-5-14(11)16)15-10-13-3-2-8-17-13/h4-7,9,13,15H,2-3,8,10H2,1H3. The van der Waals surface area contributed by atoms with Gasteiger partial charge in [0.1, 0.15) is 0 Å². The fourth-order valence-corrected chi connectivity index (χ4v) is 2.43. The molecule has 90 valence electrons. The highest BCUT2D eigenvalue weighted by molar-refractivity contribution is 5.83. The van der Waals surface area contributed by atoms with Crippen LogP contribution in [-0.4, -0.2) is 23.8 Å². The van der Waals surface area contributed by atoms with Crippen LogP contribution in [0.25, 0.3) is 10.9 Å². The number of fused-ring (bicyclic) bond motifs is 1. The van der Waals surface area contributed by atoms with Crippen LogP contribution in [0.15, 0.2) is 30.5 Å². The lowest BCUT2D eigenvalue weighted by molar-refractivity contribution is 0.120. The third-order valence-corrected chi connectivity index (χ3v) is 3.44. The molecule has 1 aromatic carbocycles. The van der Waals surface area contributed by atoms with E-state index in [1.54, 1.807) is 0 Å². The number of aryl methyl sites for hydroxylation is 1. The molecule has 0 spiro atoms. The summed E-state index contributed by atoms with van der Waals surface area (Å²) in [6.07, 6.45) is 4.86. The topological polar surface area (TPSA) is 26.2 Å². The lowest BCUT2D eigenvalue weighted by Crippen LogP contribution is -2.18. The number of anilines is 1. The summed E-state index contributed by atoms with van der Waals surface area (Å²) >= 11 is 0. The monoisotopic (exact) mass is 230 g/mol. The Hall–Kier alpha value is -1.48. The van der Waals surface area contributed by atoms with E-state index in [-0.39, 0.29) is 0 Å². The van der Waals surface area contributed by atoms with E-state index in [1.807, 2.05) is 0 Å². The predicted octanol–water partition coefficient (Wildman–Crippen LogP) is 2.77. The molecule has 1 saturated heterocycles. The predicted molar refractivity (Wildman–Crippen MR) is 70.4 cm³/mol. The Morgan fingerprint density at radius 3 is 3.18 bits per heavy atom. The van der Waals surface area contributed by atoms with Crippen molar-refractivity contribution in [3.63, 3.8) is 0 Å². The molecule has 0 aliphatic carbocycles. The van der Waals surface area contributed by atoms with Gasteiger partial charge in [0.25, 0.3) is 0 Å². The average molecular weight is 230 g/mol. The first-order valence-corrected chi connectivity index (χ1v) is 6.23. The molecule has 1 unspecified atom stereocenters. The Labute approximate surface area is 101 Å². The molecule has 0 bridgehead atoms. The second-order valence-electron chi connectivity index (χ2n) is 4.72. The number of rotatable bonds is 3. The van der Waals surface area contributed by atoms with Crippen molar-refractivity contribution in [2.75, 3.05) is 18.5 Å². The largest absolute Gasteiger partial charge is 0.382 e. The molecule has 1 aromatic heterocycles. The van der Waals surface area contributed by atoms with Gasteiger partial charge in [-0.1, -0.05) is 0 Å². The molecule has 1 aliphatic rings. The average Bonchev–Trinajstić information content (AvgIpc) is 2.97. The highest BCUT2D eigenvalue weighted by atomic mass is 16.5. The molecule has 2 heterocycles. The molecule has 1 N–H and O–H groups in total. The van der Waals surface area contributed by atoms with Crippen molar-refractivity contribution >= 4 is 16.6 Å². The van der Waals surface area contributed by atoms with E-state index in [1.165, 1.54) is 29.4 Å². The van der Waals surface area contributed by atoms with Gasteiger partial charge in [-0.05, 0) is 37.1 Å². The number of nitrogens with one attached hydrogen (secondary N) is 1. The van der Waals surface area contributed by atoms with Gasteiger partial charge in [-0.25, -0.2) is 0 Å². The Kier molecular flexibility index (Phi) is 2.77. The molecule has 3 nitrogen and oxygen atoms in total. The van der Waals surface area contributed by atoms with Gasteiger partial charge in [0.05, 0.1) is 6.10 Å². The number of nitrogens with zero attached hydrogens (tertiary/aromatic N) is 1. The molecule has 0 amide bonds. The minimum atomic E-state index is 0.390. The second kappa shape index (κ2) is 4.41. The van der Waals surface area contributed by atoms with Crippen molar-refractivity contribution in [1.82, 2.24) is 4.57 Å². The maximum Gasteiger partial charge on any atom is 0.0748 e. The smallest absolute Gasteiger partial charge is 0.0748 e. The number of benzene rings is 1. The van der Waals surface area contributed by atoms with Gasteiger partial charge in [-0.3, -0.25) is 0 Å². The van der Waals surface area contributed by atoms with Crippen molar-refractivity contribution in [3.8, 4) is 0 Å². The van der Waals surface area contributed by atoms with Gasteiger partial charge >= 0.3 is 0 Å². The van der Waals surface area contributed by atoms with Crippen LogP contribution in [0.2, 0.25) is 0 Å². The normalized spacial score (nSPS) is 19.9. The van der Waals surface area contributed by atoms with Gasteiger partial charge < -0.3 is 14.6 Å². The van der Waals surface area contributed by atoms with Crippen molar-refractivity contribution in [1.29, 1.82) is 0 Å². The molecule has 17 heavy (non-hydrogen) atoms. The molecule has 1 fully saturated rings. The fraction of sp³-hybridized carbons (Fsp3) is 0.429. The number of hydrogen-bond donors (Lipinski definition) is 1. The third kappa shape index (κ3) is 2.15. The third-order valence-electron chi connectivity index (χ3n) is 3.44. The van der Waals surface area contributed by atoms with Crippen molar-refractivity contribution in [2.24, 2.45) is 7.05 Å². The molecule has 1 aliphatic heterocycles. The molecule has 1 atom stereocenters. The summed E-state index contributed by atoms with van der Waals surface area (Å²) in [7, 11) is 2.07. The highest BCUT2D eigenvalue weighted by Crippen LogP contribution is 2.20. The van der Waals surface area contributed by atoms with Crippen LogP contribution in [0.4, 0.5) is 5.69 Å². The lowest BCUT2D eigenvalue weighted by atomic mass is 10.2. The van der Waals surface area contributed by atoms with Crippen molar-refractivity contribution in [3.05, 3.63) is 30.5 Å². The van der Waals surface area contributed by atoms with Gasteiger partial charge in [0.2, 0.25) is 0 Å². The highest BCUT2D eigenvalue weighted by Gasteiger charge is 2.14. The summed E-state index contributed by atoms with van der Waals surface area (Å²) in [5, 5.41) is 4.74. The first kappa shape index (κ1) is 10.7. The summed E-state index contributed by atoms with van der Waals surface area (Å²) in [6.45, 7) is 1.84. The zero-order valence-corrected chi connectivity index (χ0v) is 10.1. The summed E-state index contributed by atoms with van der Waals surface area (Å²) in [6, 6.07) is 8.64. The number of ether oxygens (including phenoxy) is 1. The van der Waals surface area contributed by atoms with E-state index in [0.717, 1.165) is 13.2 Å². The van der Waals surface area contributed by atoms with Crippen molar-refractivity contribution < 1.29 is 4.74 Å². The van der Waals surface area contributed by atoms with Crippen LogP contribution in [0, 0.1) is 0 Å². The summed E-state index contributed by atoms with van der Waals surface area (Å²) in [5.41, 5.74) is 2.45. The van der Waals surface area contributed by atoms with Crippen LogP contribution >= 0.6 is 0 Å². The van der Waals surface area contributed by atoms with E-state index >= 15 is 0 Å². The Morgan fingerprint density at radius 1 is 1.41 bits per heavy atom. The Balaban J connectivity index is 1.72. The molecule has 3 rings (SSSR count). The first-order chi connectivity index (χ1) is 8.33. The van der Waals surface area contributed by atoms with Crippen LogP contribution in [0.3, 0.4) is 0 Å². The summed E-state index contributed by atoms with van der Waals surface area (Å²) in [5.74, 6) is 0. The Morgan fingerprint density at radius 2 is 2.35 bits per heavy atom. The Bertz CT molecular complexity index is 512. The molecule has 3 heteroatoms. The fourth-order valence-electron chi connectivity index (χ4n) is 2.43.